The van der Waals surface area contributed by atoms with Crippen molar-refractivity contribution in [2.24, 2.45) is 0 Å². The summed E-state index contributed by atoms with van der Waals surface area (Å²) in [5.74, 6) is -0.241. The van der Waals surface area contributed by atoms with Gasteiger partial charge in [-0.1, -0.05) is 42.5 Å². The van der Waals surface area contributed by atoms with Crippen LogP contribution < -0.4 is 5.32 Å². The van der Waals surface area contributed by atoms with Crippen molar-refractivity contribution in [2.45, 2.75) is 25.9 Å². The first-order chi connectivity index (χ1) is 16.6. The van der Waals surface area contributed by atoms with Crippen molar-refractivity contribution in [3.05, 3.63) is 95.7 Å². The van der Waals surface area contributed by atoms with Gasteiger partial charge in [-0.05, 0) is 37.1 Å². The second-order valence-corrected chi connectivity index (χ2v) is 8.46. The number of rotatable bonds is 6. The maximum Gasteiger partial charge on any atom is 0.255 e. The van der Waals surface area contributed by atoms with Gasteiger partial charge in [-0.2, -0.15) is 5.10 Å². The van der Waals surface area contributed by atoms with Gasteiger partial charge in [0, 0.05) is 37.4 Å². The summed E-state index contributed by atoms with van der Waals surface area (Å²) in [5, 5.41) is 7.47. The molecule has 0 radical (unpaired) electrons. The normalized spacial score (nSPS) is 16.0. The molecule has 34 heavy (non-hydrogen) atoms. The highest BCUT2D eigenvalue weighted by molar-refractivity contribution is 5.95. The molecule has 3 heterocycles. The van der Waals surface area contributed by atoms with Gasteiger partial charge in [0.1, 0.15) is 5.82 Å². The van der Waals surface area contributed by atoms with E-state index >= 15 is 0 Å². The number of nitrogens with zero attached hydrogens (tertiary/aromatic N) is 5. The van der Waals surface area contributed by atoms with Crippen molar-refractivity contribution in [2.75, 3.05) is 13.1 Å². The van der Waals surface area contributed by atoms with E-state index in [9.17, 15) is 9.18 Å². The van der Waals surface area contributed by atoms with Crippen molar-refractivity contribution < 1.29 is 9.18 Å². The Kier molecular flexibility index (Phi) is 6.14. The third-order valence-electron chi connectivity index (χ3n) is 6.09. The van der Waals surface area contributed by atoms with Crippen LogP contribution in [0.3, 0.4) is 0 Å². The van der Waals surface area contributed by atoms with Crippen LogP contribution in [-0.4, -0.2) is 49.7 Å². The molecule has 1 amide bonds. The largest absolute Gasteiger partial charge is 0.348 e. The monoisotopic (exact) mass is 456 g/mol. The Morgan fingerprint density at radius 1 is 1.12 bits per heavy atom. The first-order valence-corrected chi connectivity index (χ1v) is 11.3. The van der Waals surface area contributed by atoms with E-state index in [0.29, 0.717) is 22.5 Å². The molecule has 1 fully saturated rings. The van der Waals surface area contributed by atoms with E-state index in [-0.39, 0.29) is 23.7 Å². The molecule has 2 aromatic heterocycles. The quantitative estimate of drug-likeness (QED) is 0.478. The van der Waals surface area contributed by atoms with Gasteiger partial charge < -0.3 is 5.32 Å². The maximum absolute atomic E-state index is 14.2. The Bertz CT molecular complexity index is 1310. The maximum atomic E-state index is 14.2. The van der Waals surface area contributed by atoms with Crippen LogP contribution in [0.1, 0.15) is 28.0 Å². The average Bonchev–Trinajstić information content (AvgIpc) is 3.46. The fraction of sp³-hybridized carbons (Fsp3) is 0.231. The fourth-order valence-corrected chi connectivity index (χ4v) is 4.30. The van der Waals surface area contributed by atoms with E-state index in [1.165, 1.54) is 22.5 Å². The average molecular weight is 457 g/mol. The van der Waals surface area contributed by atoms with E-state index in [4.69, 9.17) is 0 Å². The van der Waals surface area contributed by atoms with Gasteiger partial charge >= 0.3 is 0 Å². The molecule has 172 valence electrons. The molecule has 1 aliphatic heterocycles. The Morgan fingerprint density at radius 2 is 1.91 bits per heavy atom. The molecule has 7 nitrogen and oxygen atoms in total. The summed E-state index contributed by atoms with van der Waals surface area (Å²) in [5.41, 5.74) is 3.21. The number of hydrogen-bond donors (Lipinski definition) is 1. The first kappa shape index (κ1) is 21.9. The van der Waals surface area contributed by atoms with Gasteiger partial charge in [-0.25, -0.2) is 19.0 Å². The van der Waals surface area contributed by atoms with Gasteiger partial charge in [0.2, 0.25) is 0 Å². The van der Waals surface area contributed by atoms with Crippen LogP contribution in [0.25, 0.3) is 17.2 Å². The minimum absolute atomic E-state index is 0.0830. The molecule has 1 aliphatic rings. The van der Waals surface area contributed by atoms with Gasteiger partial charge in [0.25, 0.3) is 11.9 Å². The lowest BCUT2D eigenvalue weighted by Crippen LogP contribution is -2.37. The molecular formula is C26H25FN6O. The second-order valence-electron chi connectivity index (χ2n) is 8.46. The third kappa shape index (κ3) is 4.58. The van der Waals surface area contributed by atoms with Crippen molar-refractivity contribution >= 4 is 5.91 Å². The van der Waals surface area contributed by atoms with Crippen LogP contribution in [0, 0.1) is 12.7 Å². The Balaban J connectivity index is 1.28. The van der Waals surface area contributed by atoms with E-state index in [1.807, 2.05) is 18.2 Å². The van der Waals surface area contributed by atoms with E-state index in [2.05, 4.69) is 37.4 Å². The number of aromatic nitrogens is 4. The highest BCUT2D eigenvalue weighted by atomic mass is 19.1. The Labute approximate surface area is 197 Å². The van der Waals surface area contributed by atoms with Gasteiger partial charge in [-0.15, -0.1) is 0 Å². The van der Waals surface area contributed by atoms with Crippen LogP contribution in [0.15, 0.2) is 73.1 Å². The van der Waals surface area contributed by atoms with Crippen LogP contribution in [0.4, 0.5) is 4.39 Å². The summed E-state index contributed by atoms with van der Waals surface area (Å²) in [6.45, 7) is 4.42. The number of likely N-dealkylation sites (tertiary alicyclic amines) is 1. The summed E-state index contributed by atoms with van der Waals surface area (Å²) in [4.78, 5) is 24.1. The fourth-order valence-electron chi connectivity index (χ4n) is 4.30. The predicted molar refractivity (Wildman–Crippen MR) is 127 cm³/mol. The molecule has 2 aromatic carbocycles. The molecule has 1 N–H and O–H groups in total. The number of hydrogen-bond acceptors (Lipinski definition) is 5. The third-order valence-corrected chi connectivity index (χ3v) is 6.09. The minimum atomic E-state index is -0.359. The number of carbonyl (C=O) groups excluding carboxylic acids is 1. The smallest absolute Gasteiger partial charge is 0.255 e. The van der Waals surface area contributed by atoms with Gasteiger partial charge in [0.15, 0.2) is 0 Å². The number of halogens is 1. The van der Waals surface area contributed by atoms with Crippen LogP contribution in [-0.2, 0) is 6.54 Å². The molecule has 1 saturated heterocycles. The Hall–Kier alpha value is -3.91. The zero-order valence-corrected chi connectivity index (χ0v) is 18.9. The van der Waals surface area contributed by atoms with Crippen LogP contribution >= 0.6 is 0 Å². The SMILES string of the molecule is Cc1c(C(=O)N[C@@H]2CCN(Cc3ccccc3)C2)cnn1-c1nccc(-c2ccccc2F)n1. The Morgan fingerprint density at radius 3 is 2.74 bits per heavy atom. The lowest BCUT2D eigenvalue weighted by atomic mass is 10.1. The molecule has 0 unspecified atom stereocenters. The van der Waals surface area contributed by atoms with Crippen molar-refractivity contribution in [3.8, 4) is 17.2 Å². The number of amides is 1. The van der Waals surface area contributed by atoms with E-state index in [1.54, 1.807) is 37.4 Å². The summed E-state index contributed by atoms with van der Waals surface area (Å²) < 4.78 is 15.7. The molecule has 0 aliphatic carbocycles. The number of nitrogens with one attached hydrogen (secondary N) is 1. The van der Waals surface area contributed by atoms with Crippen LogP contribution in [0.5, 0.6) is 0 Å². The van der Waals surface area contributed by atoms with E-state index in [0.717, 1.165) is 26.1 Å². The highest BCUT2D eigenvalue weighted by Gasteiger charge is 2.26. The molecule has 1 atom stereocenters. The van der Waals surface area contributed by atoms with Crippen molar-refractivity contribution in [3.63, 3.8) is 0 Å². The van der Waals surface area contributed by atoms with Gasteiger partial charge in [0.05, 0.1) is 23.1 Å². The minimum Gasteiger partial charge on any atom is -0.348 e. The number of carbonyl (C=O) groups is 1. The molecule has 0 spiro atoms. The summed E-state index contributed by atoms with van der Waals surface area (Å²) in [7, 11) is 0. The first-order valence-electron chi connectivity index (χ1n) is 11.3. The predicted octanol–water partition coefficient (Wildman–Crippen LogP) is 3.78. The summed E-state index contributed by atoms with van der Waals surface area (Å²) in [6.07, 6.45) is 3.99. The van der Waals surface area contributed by atoms with Crippen molar-refractivity contribution in [1.29, 1.82) is 0 Å². The second kappa shape index (κ2) is 9.52. The zero-order valence-electron chi connectivity index (χ0n) is 18.9. The van der Waals surface area contributed by atoms with E-state index < -0.39 is 0 Å². The highest BCUT2D eigenvalue weighted by Crippen LogP contribution is 2.21. The van der Waals surface area contributed by atoms with Crippen LogP contribution in [0.2, 0.25) is 0 Å². The molecular weight excluding hydrogens is 431 g/mol. The van der Waals surface area contributed by atoms with Crippen molar-refractivity contribution in [1.82, 2.24) is 30.0 Å². The summed E-state index contributed by atoms with van der Waals surface area (Å²) in [6, 6.07) is 18.5. The molecule has 0 bridgehead atoms. The molecule has 0 saturated carbocycles. The summed E-state index contributed by atoms with van der Waals surface area (Å²) >= 11 is 0. The lowest BCUT2D eigenvalue weighted by molar-refractivity contribution is 0.0937. The van der Waals surface area contributed by atoms with Gasteiger partial charge in [-0.3, -0.25) is 9.69 Å². The number of benzene rings is 2. The molecule has 8 heteroatoms. The molecule has 4 aromatic rings. The standard InChI is InChI=1S/C26H25FN6O/c1-18-22(25(34)30-20-12-14-32(17-20)16-19-7-3-2-4-8-19)15-29-33(18)26-28-13-11-24(31-26)21-9-5-6-10-23(21)27/h2-11,13,15,20H,12,14,16-17H2,1H3,(H,30,34)/t20-/m1/s1. The lowest BCUT2D eigenvalue weighted by Gasteiger charge is -2.16. The topological polar surface area (TPSA) is 75.9 Å². The molecule has 5 rings (SSSR count). The zero-order chi connectivity index (χ0) is 23.5.